The molecule has 0 N–H and O–H groups in total. The maximum absolute atomic E-state index is 11.1. The largest absolute Gasteiger partial charge is 0.482 e. The van der Waals surface area contributed by atoms with Crippen molar-refractivity contribution in [2.75, 3.05) is 6.61 Å². The Hall–Kier alpha value is -1.22. The van der Waals surface area contributed by atoms with Gasteiger partial charge in [-0.05, 0) is 32.0 Å². The average molecular weight is 229 g/mol. The monoisotopic (exact) mass is 228 g/mol. The van der Waals surface area contributed by atoms with Gasteiger partial charge in [-0.15, -0.1) is 0 Å². The fourth-order valence-corrected chi connectivity index (χ4v) is 1.18. The molecule has 82 valence electrons. The molecular formula is C11H13ClO3. The summed E-state index contributed by atoms with van der Waals surface area (Å²) < 4.78 is 10.1. The van der Waals surface area contributed by atoms with Crippen molar-refractivity contribution in [3.63, 3.8) is 0 Å². The third-order valence-corrected chi connectivity index (χ3v) is 1.76. The van der Waals surface area contributed by atoms with Crippen LogP contribution in [0.25, 0.3) is 0 Å². The van der Waals surface area contributed by atoms with Crippen LogP contribution in [0.5, 0.6) is 5.75 Å². The zero-order valence-corrected chi connectivity index (χ0v) is 9.45. The number of benzene rings is 1. The van der Waals surface area contributed by atoms with Gasteiger partial charge in [0.15, 0.2) is 6.61 Å². The van der Waals surface area contributed by atoms with Gasteiger partial charge >= 0.3 is 5.97 Å². The van der Waals surface area contributed by atoms with E-state index in [1.807, 2.05) is 0 Å². The molecule has 0 saturated carbocycles. The van der Waals surface area contributed by atoms with Crippen molar-refractivity contribution in [1.29, 1.82) is 0 Å². The topological polar surface area (TPSA) is 35.5 Å². The molecule has 0 aromatic heterocycles. The zero-order chi connectivity index (χ0) is 11.3. The molecule has 0 aliphatic rings. The van der Waals surface area contributed by atoms with Crippen molar-refractivity contribution in [3.8, 4) is 5.75 Å². The Morgan fingerprint density at radius 1 is 1.47 bits per heavy atom. The number of halogens is 1. The molecule has 0 saturated heterocycles. The van der Waals surface area contributed by atoms with Crippen LogP contribution < -0.4 is 4.74 Å². The van der Waals surface area contributed by atoms with Gasteiger partial charge in [0, 0.05) is 5.02 Å². The first-order valence-corrected chi connectivity index (χ1v) is 5.03. The Balaban J connectivity index is 2.40. The molecule has 0 amide bonds. The molecule has 4 heteroatoms. The lowest BCUT2D eigenvalue weighted by molar-refractivity contribution is -0.149. The highest BCUT2D eigenvalue weighted by molar-refractivity contribution is 6.30. The normalized spacial score (nSPS) is 10.1. The standard InChI is InChI=1S/C11H13ClO3/c1-8(2)15-11(13)7-14-10-5-3-4-9(12)6-10/h3-6,8H,7H2,1-2H3. The van der Waals surface area contributed by atoms with Gasteiger partial charge in [0.05, 0.1) is 6.10 Å². The summed E-state index contributed by atoms with van der Waals surface area (Å²) in [5.74, 6) is 0.174. The molecule has 0 spiro atoms. The highest BCUT2D eigenvalue weighted by atomic mass is 35.5. The summed E-state index contributed by atoms with van der Waals surface area (Å²) in [6, 6.07) is 6.87. The molecule has 0 atom stereocenters. The molecular weight excluding hydrogens is 216 g/mol. The fraction of sp³-hybridized carbons (Fsp3) is 0.364. The van der Waals surface area contributed by atoms with Gasteiger partial charge in [0.2, 0.25) is 0 Å². The lowest BCUT2D eigenvalue weighted by Crippen LogP contribution is -2.18. The predicted molar refractivity (Wildman–Crippen MR) is 58.2 cm³/mol. The van der Waals surface area contributed by atoms with E-state index in [0.717, 1.165) is 0 Å². The number of ether oxygens (including phenoxy) is 2. The summed E-state index contributed by atoms with van der Waals surface area (Å²) in [6.07, 6.45) is -0.125. The lowest BCUT2D eigenvalue weighted by atomic mass is 10.3. The van der Waals surface area contributed by atoms with Crippen LogP contribution >= 0.6 is 11.6 Å². The van der Waals surface area contributed by atoms with Gasteiger partial charge in [-0.25, -0.2) is 4.79 Å². The fourth-order valence-electron chi connectivity index (χ4n) is 0.996. The van der Waals surface area contributed by atoms with Crippen molar-refractivity contribution in [2.24, 2.45) is 0 Å². The Morgan fingerprint density at radius 3 is 2.80 bits per heavy atom. The lowest BCUT2D eigenvalue weighted by Gasteiger charge is -2.09. The van der Waals surface area contributed by atoms with Crippen LogP contribution in [0.15, 0.2) is 24.3 Å². The third kappa shape index (κ3) is 4.70. The van der Waals surface area contributed by atoms with E-state index < -0.39 is 0 Å². The summed E-state index contributed by atoms with van der Waals surface area (Å²) in [7, 11) is 0. The second kappa shape index (κ2) is 5.61. The summed E-state index contributed by atoms with van der Waals surface area (Å²) in [5.41, 5.74) is 0. The second-order valence-corrected chi connectivity index (χ2v) is 3.72. The summed E-state index contributed by atoms with van der Waals surface area (Å²) in [5, 5.41) is 0.574. The molecule has 0 heterocycles. The number of carbonyl (C=O) groups is 1. The molecule has 1 rings (SSSR count). The van der Waals surface area contributed by atoms with Crippen molar-refractivity contribution >= 4 is 17.6 Å². The molecule has 0 fully saturated rings. The van der Waals surface area contributed by atoms with Crippen LogP contribution in [0.2, 0.25) is 5.02 Å². The highest BCUT2D eigenvalue weighted by Gasteiger charge is 2.06. The van der Waals surface area contributed by atoms with Crippen LogP contribution in [0, 0.1) is 0 Å². The quantitative estimate of drug-likeness (QED) is 0.744. The van der Waals surface area contributed by atoms with Crippen LogP contribution in [0.1, 0.15) is 13.8 Å². The number of hydrogen-bond donors (Lipinski definition) is 0. The van der Waals surface area contributed by atoms with Crippen molar-refractivity contribution in [2.45, 2.75) is 20.0 Å². The van der Waals surface area contributed by atoms with E-state index >= 15 is 0 Å². The van der Waals surface area contributed by atoms with E-state index in [0.29, 0.717) is 10.8 Å². The Morgan fingerprint density at radius 2 is 2.20 bits per heavy atom. The minimum absolute atomic E-state index is 0.0987. The van der Waals surface area contributed by atoms with E-state index in [-0.39, 0.29) is 18.7 Å². The van der Waals surface area contributed by atoms with Gasteiger partial charge in [0.25, 0.3) is 0 Å². The minimum Gasteiger partial charge on any atom is -0.482 e. The molecule has 0 radical (unpaired) electrons. The molecule has 0 aliphatic carbocycles. The summed E-state index contributed by atoms with van der Waals surface area (Å²) in [6.45, 7) is 3.48. The molecule has 0 unspecified atom stereocenters. The van der Waals surface area contributed by atoms with Gasteiger partial charge in [-0.1, -0.05) is 17.7 Å². The van der Waals surface area contributed by atoms with Crippen molar-refractivity contribution in [1.82, 2.24) is 0 Å². The maximum atomic E-state index is 11.1. The van der Waals surface area contributed by atoms with Crippen molar-refractivity contribution in [3.05, 3.63) is 29.3 Å². The first-order chi connectivity index (χ1) is 7.08. The van der Waals surface area contributed by atoms with E-state index in [1.54, 1.807) is 38.1 Å². The van der Waals surface area contributed by atoms with Crippen LogP contribution in [-0.4, -0.2) is 18.7 Å². The number of hydrogen-bond acceptors (Lipinski definition) is 3. The highest BCUT2D eigenvalue weighted by Crippen LogP contribution is 2.16. The minimum atomic E-state index is -0.384. The van der Waals surface area contributed by atoms with Gasteiger partial charge in [-0.2, -0.15) is 0 Å². The molecule has 15 heavy (non-hydrogen) atoms. The van der Waals surface area contributed by atoms with Crippen LogP contribution in [-0.2, 0) is 9.53 Å². The number of carbonyl (C=O) groups excluding carboxylic acids is 1. The van der Waals surface area contributed by atoms with Crippen LogP contribution in [0.4, 0.5) is 0 Å². The second-order valence-electron chi connectivity index (χ2n) is 3.28. The van der Waals surface area contributed by atoms with Gasteiger partial charge in [-0.3, -0.25) is 0 Å². The molecule has 1 aromatic carbocycles. The third-order valence-electron chi connectivity index (χ3n) is 1.52. The number of esters is 1. The average Bonchev–Trinajstić information content (AvgIpc) is 2.14. The Labute approximate surface area is 93.9 Å². The molecule has 3 nitrogen and oxygen atoms in total. The van der Waals surface area contributed by atoms with Gasteiger partial charge in [0.1, 0.15) is 5.75 Å². The van der Waals surface area contributed by atoms with E-state index in [1.165, 1.54) is 0 Å². The smallest absolute Gasteiger partial charge is 0.344 e. The molecule has 1 aromatic rings. The van der Waals surface area contributed by atoms with Gasteiger partial charge < -0.3 is 9.47 Å². The summed E-state index contributed by atoms with van der Waals surface area (Å²) >= 11 is 5.75. The Kier molecular flexibility index (Phi) is 4.43. The molecule has 0 bridgehead atoms. The Bertz CT molecular complexity index is 336. The number of rotatable bonds is 4. The first kappa shape index (κ1) is 11.9. The zero-order valence-electron chi connectivity index (χ0n) is 8.70. The first-order valence-electron chi connectivity index (χ1n) is 4.66. The summed E-state index contributed by atoms with van der Waals surface area (Å²) in [4.78, 5) is 11.1. The van der Waals surface area contributed by atoms with Crippen molar-refractivity contribution < 1.29 is 14.3 Å². The van der Waals surface area contributed by atoms with E-state index in [4.69, 9.17) is 21.1 Å². The van der Waals surface area contributed by atoms with E-state index in [9.17, 15) is 4.79 Å². The molecule has 0 aliphatic heterocycles. The van der Waals surface area contributed by atoms with E-state index in [2.05, 4.69) is 0 Å². The maximum Gasteiger partial charge on any atom is 0.344 e. The SMILES string of the molecule is CC(C)OC(=O)COc1cccc(Cl)c1. The van der Waals surface area contributed by atoms with Crippen LogP contribution in [0.3, 0.4) is 0 Å². The predicted octanol–water partition coefficient (Wildman–Crippen LogP) is 2.67.